The molecule has 3 heterocycles. The lowest BCUT2D eigenvalue weighted by molar-refractivity contribution is 0.354. The topological polar surface area (TPSA) is 33.4 Å². The molecule has 1 saturated heterocycles. The molecule has 136 valence electrons. The lowest BCUT2D eigenvalue weighted by atomic mass is 9.92. The van der Waals surface area contributed by atoms with Gasteiger partial charge in [0.2, 0.25) is 0 Å². The van der Waals surface area contributed by atoms with Crippen LogP contribution in [0.1, 0.15) is 31.7 Å². The molecule has 4 rings (SSSR count). The van der Waals surface area contributed by atoms with E-state index >= 15 is 0 Å². The van der Waals surface area contributed by atoms with Crippen molar-refractivity contribution in [3.05, 3.63) is 46.7 Å². The van der Waals surface area contributed by atoms with Crippen molar-refractivity contribution in [3.8, 4) is 11.1 Å². The van der Waals surface area contributed by atoms with E-state index in [2.05, 4.69) is 38.7 Å². The van der Waals surface area contributed by atoms with Gasteiger partial charge in [-0.3, -0.25) is 0 Å². The minimum absolute atomic E-state index is 0.690. The Labute approximate surface area is 159 Å². The molecule has 5 heteroatoms. The number of fused-ring (bicyclic) bond motifs is 1. The molecule has 0 aliphatic carbocycles. The van der Waals surface area contributed by atoms with Crippen LogP contribution in [0.3, 0.4) is 0 Å². The van der Waals surface area contributed by atoms with Crippen LogP contribution in [-0.4, -0.2) is 27.7 Å². The molecule has 0 saturated carbocycles. The second-order valence-corrected chi connectivity index (χ2v) is 8.25. The molecule has 0 amide bonds. The molecule has 2 aromatic heterocycles. The van der Waals surface area contributed by atoms with Crippen molar-refractivity contribution in [2.75, 3.05) is 18.0 Å². The Morgan fingerprint density at radius 2 is 1.69 bits per heavy atom. The highest BCUT2D eigenvalue weighted by Crippen LogP contribution is 2.32. The molecule has 4 nitrogen and oxygen atoms in total. The zero-order valence-electron chi connectivity index (χ0n) is 15.8. The Morgan fingerprint density at radius 3 is 2.35 bits per heavy atom. The normalized spacial score (nSPS) is 20.7. The van der Waals surface area contributed by atoms with E-state index in [0.717, 1.165) is 52.1 Å². The maximum Gasteiger partial charge on any atom is 0.165 e. The fraction of sp³-hybridized carbons (Fsp3) is 0.429. The van der Waals surface area contributed by atoms with Crippen LogP contribution in [0.25, 0.3) is 16.8 Å². The summed E-state index contributed by atoms with van der Waals surface area (Å²) in [6.07, 6.45) is 1.29. The van der Waals surface area contributed by atoms with Crippen LogP contribution in [0, 0.1) is 25.7 Å². The van der Waals surface area contributed by atoms with Gasteiger partial charge in [0, 0.05) is 35.4 Å². The minimum atomic E-state index is 0.690. The van der Waals surface area contributed by atoms with Gasteiger partial charge in [0.05, 0.1) is 5.69 Å². The monoisotopic (exact) mass is 368 g/mol. The average Bonchev–Trinajstić information content (AvgIpc) is 2.90. The molecule has 0 unspecified atom stereocenters. The van der Waals surface area contributed by atoms with E-state index in [1.807, 2.05) is 28.8 Å². The van der Waals surface area contributed by atoms with Gasteiger partial charge in [0.1, 0.15) is 5.82 Å². The number of benzene rings is 1. The molecule has 0 N–H and O–H groups in total. The van der Waals surface area contributed by atoms with Crippen molar-refractivity contribution in [2.24, 2.45) is 11.8 Å². The number of nitrogens with zero attached hydrogens (tertiary/aromatic N) is 4. The van der Waals surface area contributed by atoms with Crippen molar-refractivity contribution in [1.29, 1.82) is 0 Å². The van der Waals surface area contributed by atoms with E-state index < -0.39 is 0 Å². The molecule has 1 fully saturated rings. The lowest BCUT2D eigenvalue weighted by Gasteiger charge is -2.36. The van der Waals surface area contributed by atoms with Crippen LogP contribution in [0.15, 0.2) is 30.3 Å². The van der Waals surface area contributed by atoms with E-state index in [4.69, 9.17) is 21.7 Å². The number of anilines is 1. The number of hydrogen-bond donors (Lipinski definition) is 0. The summed E-state index contributed by atoms with van der Waals surface area (Å²) in [5, 5.41) is 5.60. The van der Waals surface area contributed by atoms with Gasteiger partial charge in [-0.2, -0.15) is 9.61 Å². The Hall–Kier alpha value is -2.07. The smallest absolute Gasteiger partial charge is 0.165 e. The number of aryl methyl sites for hydroxylation is 2. The van der Waals surface area contributed by atoms with E-state index in [1.54, 1.807) is 0 Å². The van der Waals surface area contributed by atoms with Crippen molar-refractivity contribution in [3.63, 3.8) is 0 Å². The molecular formula is C21H25ClN4. The molecule has 1 aliphatic heterocycles. The molecule has 0 radical (unpaired) electrons. The van der Waals surface area contributed by atoms with Gasteiger partial charge in [-0.15, -0.1) is 0 Å². The van der Waals surface area contributed by atoms with Crippen LogP contribution in [0.2, 0.25) is 5.02 Å². The van der Waals surface area contributed by atoms with Crippen molar-refractivity contribution < 1.29 is 0 Å². The molecule has 2 atom stereocenters. The number of piperidine rings is 1. The summed E-state index contributed by atoms with van der Waals surface area (Å²) in [7, 11) is 0. The van der Waals surface area contributed by atoms with E-state index in [9.17, 15) is 0 Å². The summed E-state index contributed by atoms with van der Waals surface area (Å²) in [6, 6.07) is 10.1. The minimum Gasteiger partial charge on any atom is -0.356 e. The van der Waals surface area contributed by atoms with Gasteiger partial charge >= 0.3 is 0 Å². The maximum absolute atomic E-state index is 6.07. The molecule has 0 bridgehead atoms. The fourth-order valence-electron chi connectivity index (χ4n) is 4.26. The Balaban J connectivity index is 1.88. The first kappa shape index (κ1) is 17.3. The number of rotatable bonds is 2. The first-order valence-electron chi connectivity index (χ1n) is 9.30. The van der Waals surface area contributed by atoms with Crippen molar-refractivity contribution in [1.82, 2.24) is 14.6 Å². The zero-order valence-corrected chi connectivity index (χ0v) is 16.6. The van der Waals surface area contributed by atoms with Gasteiger partial charge in [-0.05, 0) is 49.8 Å². The van der Waals surface area contributed by atoms with Crippen molar-refractivity contribution >= 4 is 23.1 Å². The van der Waals surface area contributed by atoms with Gasteiger partial charge in [0.25, 0.3) is 0 Å². The first-order valence-corrected chi connectivity index (χ1v) is 9.68. The SMILES string of the molecule is Cc1cc(N2C[C@H](C)C[C@@H](C)C2)n2nc(C)c(-c3ccc(Cl)cc3)c2n1. The highest BCUT2D eigenvalue weighted by atomic mass is 35.5. The number of hydrogen-bond acceptors (Lipinski definition) is 3. The highest BCUT2D eigenvalue weighted by Gasteiger charge is 2.25. The third-order valence-electron chi connectivity index (χ3n) is 5.20. The quantitative estimate of drug-likeness (QED) is 0.627. The van der Waals surface area contributed by atoms with Crippen LogP contribution < -0.4 is 4.90 Å². The summed E-state index contributed by atoms with van der Waals surface area (Å²) >= 11 is 6.07. The predicted octanol–water partition coefficient (Wildman–Crippen LogP) is 5.15. The summed E-state index contributed by atoms with van der Waals surface area (Å²) in [5.41, 5.74) is 5.13. The largest absolute Gasteiger partial charge is 0.356 e. The Bertz CT molecular complexity index is 935. The Morgan fingerprint density at radius 1 is 1.04 bits per heavy atom. The van der Waals surface area contributed by atoms with E-state index in [0.29, 0.717) is 11.8 Å². The van der Waals surface area contributed by atoms with Crippen molar-refractivity contribution in [2.45, 2.75) is 34.1 Å². The average molecular weight is 369 g/mol. The maximum atomic E-state index is 6.07. The molecule has 1 aromatic carbocycles. The standard InChI is InChI=1S/C21H25ClN4/c1-13-9-14(2)12-25(11-13)19-10-15(3)23-21-20(16(4)24-26(19)21)17-5-7-18(22)8-6-17/h5-8,10,13-14H,9,11-12H2,1-4H3/t13-,14-/m1/s1. The molecule has 26 heavy (non-hydrogen) atoms. The number of aromatic nitrogens is 3. The van der Waals surface area contributed by atoms with Gasteiger partial charge in [-0.1, -0.05) is 37.6 Å². The van der Waals surface area contributed by atoms with Crippen LogP contribution in [0.4, 0.5) is 5.82 Å². The van der Waals surface area contributed by atoms with Crippen LogP contribution in [-0.2, 0) is 0 Å². The summed E-state index contributed by atoms with van der Waals surface area (Å²) in [4.78, 5) is 7.30. The van der Waals surface area contributed by atoms with Gasteiger partial charge < -0.3 is 4.90 Å². The Kier molecular flexibility index (Phi) is 4.39. The zero-order chi connectivity index (χ0) is 18.4. The van der Waals surface area contributed by atoms with Crippen LogP contribution >= 0.6 is 11.6 Å². The molecule has 1 aliphatic rings. The van der Waals surface area contributed by atoms with E-state index in [1.165, 1.54) is 6.42 Å². The lowest BCUT2D eigenvalue weighted by Crippen LogP contribution is -2.39. The number of halogens is 1. The van der Waals surface area contributed by atoms with E-state index in [-0.39, 0.29) is 0 Å². The summed E-state index contributed by atoms with van der Waals surface area (Å²) in [5.74, 6) is 2.53. The molecule has 3 aromatic rings. The second kappa shape index (κ2) is 6.58. The second-order valence-electron chi connectivity index (χ2n) is 7.81. The predicted molar refractivity (Wildman–Crippen MR) is 108 cm³/mol. The third kappa shape index (κ3) is 3.07. The van der Waals surface area contributed by atoms with Gasteiger partial charge in [0.15, 0.2) is 5.65 Å². The highest BCUT2D eigenvalue weighted by molar-refractivity contribution is 6.30. The van der Waals surface area contributed by atoms with Gasteiger partial charge in [-0.25, -0.2) is 4.98 Å². The summed E-state index contributed by atoms with van der Waals surface area (Å²) < 4.78 is 2.02. The summed E-state index contributed by atoms with van der Waals surface area (Å²) in [6.45, 7) is 10.9. The molecule has 0 spiro atoms. The fourth-order valence-corrected chi connectivity index (χ4v) is 4.38. The third-order valence-corrected chi connectivity index (χ3v) is 5.45. The van der Waals surface area contributed by atoms with Crippen LogP contribution in [0.5, 0.6) is 0 Å². The molecular weight excluding hydrogens is 344 g/mol. The first-order chi connectivity index (χ1) is 12.4.